The summed E-state index contributed by atoms with van der Waals surface area (Å²) in [7, 11) is 1.92. The van der Waals surface area contributed by atoms with E-state index >= 15 is 0 Å². The molecule has 0 aliphatic heterocycles. The number of nitrogens with one attached hydrogen (secondary N) is 1. The van der Waals surface area contributed by atoms with Crippen LogP contribution in [0.1, 0.15) is 37.8 Å². The highest BCUT2D eigenvalue weighted by Gasteiger charge is 2.09. The molecule has 0 bridgehead atoms. The number of rotatable bonds is 8. The van der Waals surface area contributed by atoms with Crippen molar-refractivity contribution >= 4 is 17.7 Å². The van der Waals surface area contributed by atoms with Crippen molar-refractivity contribution < 1.29 is 9.90 Å². The zero-order valence-corrected chi connectivity index (χ0v) is 11.8. The van der Waals surface area contributed by atoms with Crippen LogP contribution in [0.5, 0.6) is 0 Å². The van der Waals surface area contributed by atoms with Gasteiger partial charge in [0, 0.05) is 17.4 Å². The molecule has 0 aliphatic carbocycles. The third-order valence-electron chi connectivity index (χ3n) is 2.83. The highest BCUT2D eigenvalue weighted by atomic mass is 32.2. The van der Waals surface area contributed by atoms with E-state index in [0.29, 0.717) is 6.42 Å². The summed E-state index contributed by atoms with van der Waals surface area (Å²) in [5.41, 5.74) is 1.23. The Labute approximate surface area is 113 Å². The lowest BCUT2D eigenvalue weighted by Crippen LogP contribution is -2.16. The van der Waals surface area contributed by atoms with Crippen LogP contribution < -0.4 is 5.32 Å². The first-order chi connectivity index (χ1) is 8.67. The SMILES string of the molecule is CCSc1ccc(C(CCCC(=O)O)NC)cc1. The standard InChI is InChI=1S/C14H21NO2S/c1-3-18-12-9-7-11(8-10-12)13(15-2)5-4-6-14(16)17/h7-10,13,15H,3-6H2,1-2H3,(H,16,17). The normalized spacial score (nSPS) is 12.3. The molecule has 100 valence electrons. The van der Waals surface area contributed by atoms with Gasteiger partial charge in [-0.1, -0.05) is 19.1 Å². The molecule has 4 heteroatoms. The Balaban J connectivity index is 2.55. The molecule has 0 saturated heterocycles. The van der Waals surface area contributed by atoms with E-state index in [2.05, 4.69) is 36.5 Å². The number of carbonyl (C=O) groups is 1. The molecule has 2 N–H and O–H groups in total. The molecule has 0 fully saturated rings. The highest BCUT2D eigenvalue weighted by molar-refractivity contribution is 7.99. The minimum atomic E-state index is -0.723. The lowest BCUT2D eigenvalue weighted by molar-refractivity contribution is -0.137. The Kier molecular flexibility index (Phi) is 6.83. The van der Waals surface area contributed by atoms with Gasteiger partial charge in [0.2, 0.25) is 0 Å². The molecule has 0 saturated carbocycles. The molecule has 0 heterocycles. The van der Waals surface area contributed by atoms with Gasteiger partial charge in [0.05, 0.1) is 0 Å². The Hall–Kier alpha value is -1.00. The molecule has 1 atom stereocenters. The first kappa shape index (κ1) is 15.1. The van der Waals surface area contributed by atoms with Crippen molar-refractivity contribution in [1.82, 2.24) is 5.32 Å². The number of aliphatic carboxylic acids is 1. The number of hydrogen-bond donors (Lipinski definition) is 2. The highest BCUT2D eigenvalue weighted by Crippen LogP contribution is 2.23. The van der Waals surface area contributed by atoms with Crippen LogP contribution >= 0.6 is 11.8 Å². The molecular weight excluding hydrogens is 246 g/mol. The van der Waals surface area contributed by atoms with E-state index in [4.69, 9.17) is 5.11 Å². The van der Waals surface area contributed by atoms with Gasteiger partial charge in [0.25, 0.3) is 0 Å². The van der Waals surface area contributed by atoms with E-state index in [0.717, 1.165) is 12.2 Å². The first-order valence-electron chi connectivity index (χ1n) is 6.29. The van der Waals surface area contributed by atoms with Gasteiger partial charge in [-0.3, -0.25) is 4.79 Å². The fourth-order valence-electron chi connectivity index (χ4n) is 1.90. The topological polar surface area (TPSA) is 49.3 Å². The first-order valence-corrected chi connectivity index (χ1v) is 7.27. The van der Waals surface area contributed by atoms with E-state index in [1.54, 1.807) is 0 Å². The maximum absolute atomic E-state index is 10.5. The van der Waals surface area contributed by atoms with Crippen molar-refractivity contribution in [2.75, 3.05) is 12.8 Å². The summed E-state index contributed by atoms with van der Waals surface area (Å²) in [6.07, 6.45) is 1.79. The van der Waals surface area contributed by atoms with Gasteiger partial charge < -0.3 is 10.4 Å². The second kappa shape index (κ2) is 8.16. The van der Waals surface area contributed by atoms with Crippen molar-refractivity contribution in [3.63, 3.8) is 0 Å². The molecule has 0 spiro atoms. The minimum Gasteiger partial charge on any atom is -0.481 e. The average molecular weight is 267 g/mol. The minimum absolute atomic E-state index is 0.238. The summed E-state index contributed by atoms with van der Waals surface area (Å²) < 4.78 is 0. The van der Waals surface area contributed by atoms with Crippen LogP contribution in [-0.4, -0.2) is 23.9 Å². The largest absolute Gasteiger partial charge is 0.481 e. The molecule has 0 aliphatic rings. The van der Waals surface area contributed by atoms with Crippen molar-refractivity contribution in [2.24, 2.45) is 0 Å². The Morgan fingerprint density at radius 1 is 1.39 bits per heavy atom. The molecule has 1 aromatic rings. The van der Waals surface area contributed by atoms with Crippen molar-refractivity contribution in [3.8, 4) is 0 Å². The van der Waals surface area contributed by atoms with E-state index < -0.39 is 5.97 Å². The van der Waals surface area contributed by atoms with Crippen LogP contribution in [0.4, 0.5) is 0 Å². The van der Waals surface area contributed by atoms with E-state index in [1.165, 1.54) is 10.5 Å². The molecule has 1 unspecified atom stereocenters. The van der Waals surface area contributed by atoms with Gasteiger partial charge in [-0.2, -0.15) is 0 Å². The number of benzene rings is 1. The van der Waals surface area contributed by atoms with Gasteiger partial charge in [-0.05, 0) is 43.3 Å². The summed E-state index contributed by atoms with van der Waals surface area (Å²) in [5.74, 6) is 0.354. The second-order valence-electron chi connectivity index (χ2n) is 4.13. The summed E-state index contributed by atoms with van der Waals surface area (Å²) in [6.45, 7) is 2.14. The summed E-state index contributed by atoms with van der Waals surface area (Å²) in [5, 5.41) is 11.9. The van der Waals surface area contributed by atoms with E-state index in [1.807, 2.05) is 18.8 Å². The monoisotopic (exact) mass is 267 g/mol. The van der Waals surface area contributed by atoms with Crippen molar-refractivity contribution in [2.45, 2.75) is 37.1 Å². The lowest BCUT2D eigenvalue weighted by Gasteiger charge is -2.16. The molecule has 0 amide bonds. The summed E-state index contributed by atoms with van der Waals surface area (Å²) in [4.78, 5) is 11.8. The van der Waals surface area contributed by atoms with Crippen LogP contribution in [0.25, 0.3) is 0 Å². The predicted octanol–water partition coefficient (Wildman–Crippen LogP) is 3.31. The molecule has 18 heavy (non-hydrogen) atoms. The zero-order valence-electron chi connectivity index (χ0n) is 11.0. The van der Waals surface area contributed by atoms with Crippen LogP contribution in [0, 0.1) is 0 Å². The Morgan fingerprint density at radius 2 is 2.06 bits per heavy atom. The van der Waals surface area contributed by atoms with Gasteiger partial charge in [0.15, 0.2) is 0 Å². The maximum atomic E-state index is 10.5. The third kappa shape index (κ3) is 5.10. The molecule has 0 radical (unpaired) electrons. The summed E-state index contributed by atoms with van der Waals surface area (Å²) in [6, 6.07) is 8.75. The van der Waals surface area contributed by atoms with Crippen LogP contribution in [0.2, 0.25) is 0 Å². The molecule has 3 nitrogen and oxygen atoms in total. The van der Waals surface area contributed by atoms with Gasteiger partial charge in [-0.25, -0.2) is 0 Å². The van der Waals surface area contributed by atoms with Crippen molar-refractivity contribution in [1.29, 1.82) is 0 Å². The molecule has 1 aromatic carbocycles. The summed E-state index contributed by atoms with van der Waals surface area (Å²) >= 11 is 1.83. The fraction of sp³-hybridized carbons (Fsp3) is 0.500. The second-order valence-corrected chi connectivity index (χ2v) is 5.47. The maximum Gasteiger partial charge on any atom is 0.303 e. The van der Waals surface area contributed by atoms with Gasteiger partial charge in [0.1, 0.15) is 0 Å². The van der Waals surface area contributed by atoms with Crippen LogP contribution in [-0.2, 0) is 4.79 Å². The molecule has 1 rings (SSSR count). The molecule has 0 aromatic heterocycles. The van der Waals surface area contributed by atoms with Crippen LogP contribution in [0.3, 0.4) is 0 Å². The van der Waals surface area contributed by atoms with Crippen molar-refractivity contribution in [3.05, 3.63) is 29.8 Å². The quantitative estimate of drug-likeness (QED) is 0.709. The Morgan fingerprint density at radius 3 is 2.56 bits per heavy atom. The Bertz CT molecular complexity index is 365. The van der Waals surface area contributed by atoms with E-state index in [9.17, 15) is 4.79 Å². The van der Waals surface area contributed by atoms with Crippen LogP contribution in [0.15, 0.2) is 29.2 Å². The third-order valence-corrected chi connectivity index (χ3v) is 3.72. The number of thioether (sulfide) groups is 1. The average Bonchev–Trinajstić information content (AvgIpc) is 2.36. The lowest BCUT2D eigenvalue weighted by atomic mass is 10.0. The van der Waals surface area contributed by atoms with E-state index in [-0.39, 0.29) is 12.5 Å². The predicted molar refractivity (Wildman–Crippen MR) is 76.1 cm³/mol. The molecular formula is C14H21NO2S. The van der Waals surface area contributed by atoms with Gasteiger partial charge in [-0.15, -0.1) is 11.8 Å². The number of carboxylic acid groups (broad SMARTS) is 1. The number of carboxylic acids is 1. The zero-order chi connectivity index (χ0) is 13.4. The van der Waals surface area contributed by atoms with Gasteiger partial charge >= 0.3 is 5.97 Å². The number of hydrogen-bond acceptors (Lipinski definition) is 3. The fourth-order valence-corrected chi connectivity index (χ4v) is 2.56. The smallest absolute Gasteiger partial charge is 0.303 e.